The summed E-state index contributed by atoms with van der Waals surface area (Å²) in [4.78, 5) is 83.9. The number of amides is 6. The summed E-state index contributed by atoms with van der Waals surface area (Å²) in [5.74, 6) is -8.84. The molecule has 0 radical (unpaired) electrons. The first kappa shape index (κ1) is 40.7. The molecule has 3 aromatic carbocycles. The van der Waals surface area contributed by atoms with Crippen LogP contribution in [-0.2, 0) is 25.8 Å². The molecule has 0 saturated carbocycles. The maximum atomic E-state index is 14.2. The lowest BCUT2D eigenvalue weighted by Gasteiger charge is -2.30. The smallest absolute Gasteiger partial charge is 0.534 e. The van der Waals surface area contributed by atoms with E-state index in [1.807, 2.05) is 0 Å². The highest BCUT2D eigenvalue weighted by molar-refractivity contribution is 7.89. The molecule has 5 rings (SSSR count). The Kier molecular flexibility index (Phi) is 11.6. The molecule has 3 aromatic rings. The number of phenols is 2. The van der Waals surface area contributed by atoms with E-state index < -0.39 is 131 Å². The Morgan fingerprint density at radius 1 is 1.05 bits per heavy atom. The van der Waals surface area contributed by atoms with Gasteiger partial charge in [-0.1, -0.05) is 29.8 Å². The SMILES string of the molecule is O=C(NCCS(=O)(=O)N1CCN(C(=O)N[C@H](C(=O)N[C@H]2Cc3ccc(F)c(C(=O)O)c3OB2O)c2ccc(P(=O)(O)O)cc2)C1=O)c1ccc(O)c(O)c1Cl. The summed E-state index contributed by atoms with van der Waals surface area (Å²) in [6.07, 6.45) is -0.289. The molecule has 292 valence electrons. The number of phenolic OH excluding ortho intramolecular Hbond substituents is 2. The first-order chi connectivity index (χ1) is 25.7. The number of fused-ring (bicyclic) bond motifs is 1. The molecule has 0 aliphatic carbocycles. The molecule has 9 N–H and O–H groups in total. The number of carbonyl (C=O) groups excluding carboxylic acids is 4. The summed E-state index contributed by atoms with van der Waals surface area (Å²) in [6, 6.07) is 3.77. The minimum absolute atomic E-state index is 0.0907. The molecule has 0 unspecified atom stereocenters. The van der Waals surface area contributed by atoms with Gasteiger partial charge in [-0.25, -0.2) is 36.4 Å². The molecular formula is C30H29BClFN5O15PS. The number of nitrogens with zero attached hydrogens (tertiary/aromatic N) is 2. The van der Waals surface area contributed by atoms with E-state index in [1.165, 1.54) is 6.07 Å². The van der Waals surface area contributed by atoms with Gasteiger partial charge in [-0.3, -0.25) is 14.2 Å². The van der Waals surface area contributed by atoms with Crippen LogP contribution in [0.4, 0.5) is 14.0 Å². The number of imide groups is 1. The van der Waals surface area contributed by atoms with Gasteiger partial charge in [0.1, 0.15) is 23.2 Å². The van der Waals surface area contributed by atoms with Crippen LogP contribution in [0.15, 0.2) is 48.5 Å². The van der Waals surface area contributed by atoms with Crippen LogP contribution in [0.1, 0.15) is 37.9 Å². The fourth-order valence-corrected chi connectivity index (χ4v) is 7.64. The van der Waals surface area contributed by atoms with Crippen molar-refractivity contribution in [2.24, 2.45) is 0 Å². The van der Waals surface area contributed by atoms with Crippen molar-refractivity contribution in [1.29, 1.82) is 0 Å². The van der Waals surface area contributed by atoms with E-state index in [9.17, 15) is 71.5 Å². The number of aromatic carboxylic acids is 1. The summed E-state index contributed by atoms with van der Waals surface area (Å²) >= 11 is 5.86. The fourth-order valence-electron chi connectivity index (χ4n) is 5.58. The molecule has 2 heterocycles. The summed E-state index contributed by atoms with van der Waals surface area (Å²) in [5, 5.41) is 45.2. The zero-order valence-corrected chi connectivity index (χ0v) is 30.2. The fraction of sp³-hybridized carbons (Fsp3) is 0.233. The summed E-state index contributed by atoms with van der Waals surface area (Å²) in [6.45, 7) is -1.59. The van der Waals surface area contributed by atoms with Crippen molar-refractivity contribution >= 4 is 71.5 Å². The lowest BCUT2D eigenvalue weighted by molar-refractivity contribution is -0.123. The quantitative estimate of drug-likeness (QED) is 0.0686. The summed E-state index contributed by atoms with van der Waals surface area (Å²) < 4.78 is 57.6. The van der Waals surface area contributed by atoms with Gasteiger partial charge in [-0.15, -0.1) is 0 Å². The van der Waals surface area contributed by atoms with Gasteiger partial charge < -0.3 is 50.7 Å². The molecule has 1 saturated heterocycles. The van der Waals surface area contributed by atoms with Crippen LogP contribution in [-0.4, -0.2) is 116 Å². The topological polar surface area (TPSA) is 310 Å². The highest BCUT2D eigenvalue weighted by Gasteiger charge is 2.43. The number of halogens is 2. The van der Waals surface area contributed by atoms with Gasteiger partial charge in [-0.2, -0.15) is 0 Å². The number of aromatic hydroxyl groups is 2. The zero-order chi connectivity index (χ0) is 40.6. The number of hydrogen-bond donors (Lipinski definition) is 9. The summed E-state index contributed by atoms with van der Waals surface area (Å²) in [5.41, 5.74) is -1.15. The molecule has 2 atom stereocenters. The highest BCUT2D eigenvalue weighted by atomic mass is 35.5. The molecule has 1 fully saturated rings. The van der Waals surface area contributed by atoms with Gasteiger partial charge in [0, 0.05) is 6.54 Å². The normalized spacial score (nSPS) is 16.2. The number of nitrogens with one attached hydrogen (secondary N) is 3. The predicted octanol–water partition coefficient (Wildman–Crippen LogP) is -0.221. The molecule has 6 amide bonds. The Labute approximate surface area is 314 Å². The van der Waals surface area contributed by atoms with Crippen molar-refractivity contribution in [3.8, 4) is 17.2 Å². The molecule has 0 aromatic heterocycles. The van der Waals surface area contributed by atoms with E-state index in [0.717, 1.165) is 42.5 Å². The van der Waals surface area contributed by atoms with Crippen LogP contribution < -0.4 is 25.9 Å². The highest BCUT2D eigenvalue weighted by Crippen LogP contribution is 2.36. The second-order valence-corrected chi connectivity index (χ2v) is 15.9. The molecule has 20 nitrogen and oxygen atoms in total. The third kappa shape index (κ3) is 8.61. The van der Waals surface area contributed by atoms with Crippen molar-refractivity contribution in [2.45, 2.75) is 18.4 Å². The standard InChI is InChI=1S/C30H29BClFN5O15PS/c32-22-17(6-8-19(39)24(22)40)26(41)34-9-12-55(51,52)38-11-10-37(30(38)46)29(45)36-23(14-1-4-16(5-2-14)54(48,49)50)27(42)35-20-13-15-3-7-18(33)21(28(43)44)25(15)53-31(20)47/h1-8,20,23,39-40,47H,9-13H2,(H,34,41)(H,35,42)(H,36,45)(H,43,44)(H2,48,49,50)/t20-,23-/m0/s1. The van der Waals surface area contributed by atoms with Gasteiger partial charge in [0.15, 0.2) is 11.5 Å². The average Bonchev–Trinajstić information content (AvgIpc) is 3.51. The number of hydrogen-bond acceptors (Lipinski definition) is 12. The van der Waals surface area contributed by atoms with Crippen molar-refractivity contribution in [3.05, 3.63) is 81.6 Å². The second kappa shape index (κ2) is 15.7. The Bertz CT molecular complexity index is 2250. The zero-order valence-electron chi connectivity index (χ0n) is 27.7. The third-order valence-corrected chi connectivity index (χ3v) is 11.5. The molecular weight excluding hydrogens is 799 g/mol. The molecule has 0 spiro atoms. The largest absolute Gasteiger partial charge is 0.547 e. The minimum atomic E-state index is -4.76. The van der Waals surface area contributed by atoms with E-state index in [2.05, 4.69) is 16.0 Å². The van der Waals surface area contributed by atoms with E-state index in [0.29, 0.717) is 9.21 Å². The van der Waals surface area contributed by atoms with Gasteiger partial charge in [0.25, 0.3) is 5.91 Å². The van der Waals surface area contributed by atoms with E-state index in [4.69, 9.17) is 16.3 Å². The number of carbonyl (C=O) groups is 5. The molecule has 2 aliphatic rings. The van der Waals surface area contributed by atoms with Crippen LogP contribution in [0.3, 0.4) is 0 Å². The van der Waals surface area contributed by atoms with E-state index >= 15 is 0 Å². The van der Waals surface area contributed by atoms with Crippen molar-refractivity contribution in [3.63, 3.8) is 0 Å². The Morgan fingerprint density at radius 3 is 2.36 bits per heavy atom. The van der Waals surface area contributed by atoms with E-state index in [1.54, 1.807) is 0 Å². The first-order valence-corrected chi connectivity index (χ1v) is 19.3. The molecule has 25 heteroatoms. The average molecular weight is 828 g/mol. The Morgan fingerprint density at radius 2 is 1.73 bits per heavy atom. The van der Waals surface area contributed by atoms with Crippen LogP contribution in [0.2, 0.25) is 5.02 Å². The monoisotopic (exact) mass is 827 g/mol. The molecule has 2 aliphatic heterocycles. The maximum Gasteiger partial charge on any atom is 0.547 e. The molecule has 0 bridgehead atoms. The number of carboxylic acids is 1. The predicted molar refractivity (Wildman–Crippen MR) is 187 cm³/mol. The van der Waals surface area contributed by atoms with Crippen molar-refractivity contribution < 1.29 is 76.1 Å². The summed E-state index contributed by atoms with van der Waals surface area (Å²) in [7, 11) is -11.2. The molecule has 55 heavy (non-hydrogen) atoms. The Balaban J connectivity index is 1.30. The number of rotatable bonds is 11. The maximum absolute atomic E-state index is 14.2. The Hall–Kier alpha value is -5.45. The second-order valence-electron chi connectivity index (χ2n) is 11.9. The van der Waals surface area contributed by atoms with Gasteiger partial charge >= 0.3 is 32.7 Å². The van der Waals surface area contributed by atoms with Crippen molar-refractivity contribution in [1.82, 2.24) is 25.2 Å². The number of benzene rings is 3. The van der Waals surface area contributed by atoms with Gasteiger partial charge in [0.2, 0.25) is 15.9 Å². The van der Waals surface area contributed by atoms with Crippen LogP contribution in [0, 0.1) is 5.82 Å². The van der Waals surface area contributed by atoms with Gasteiger partial charge in [0.05, 0.1) is 40.7 Å². The first-order valence-electron chi connectivity index (χ1n) is 15.7. The number of carboxylic acid groups (broad SMARTS) is 1. The van der Waals surface area contributed by atoms with E-state index in [-0.39, 0.29) is 23.1 Å². The number of urea groups is 2. The van der Waals surface area contributed by atoms with Gasteiger partial charge in [-0.05, 0) is 47.9 Å². The third-order valence-electron chi connectivity index (χ3n) is 8.38. The van der Waals surface area contributed by atoms with Crippen LogP contribution in [0.5, 0.6) is 17.2 Å². The lowest BCUT2D eigenvalue weighted by Crippen LogP contribution is -2.56. The minimum Gasteiger partial charge on any atom is -0.534 e. The number of sulfonamides is 1. The van der Waals surface area contributed by atoms with Crippen molar-refractivity contribution in [2.75, 3.05) is 25.4 Å². The van der Waals surface area contributed by atoms with Crippen LogP contribution >= 0.6 is 19.2 Å². The van der Waals surface area contributed by atoms with Crippen LogP contribution in [0.25, 0.3) is 0 Å². The lowest BCUT2D eigenvalue weighted by atomic mass is 9.72.